The second kappa shape index (κ2) is 6.07. The minimum Gasteiger partial charge on any atom is -0.346 e. The number of hydrogen-bond donors (Lipinski definition) is 1. The zero-order valence-electron chi connectivity index (χ0n) is 11.7. The molecule has 0 aliphatic rings. The summed E-state index contributed by atoms with van der Waals surface area (Å²) < 4.78 is 0. The third kappa shape index (κ3) is 3.36. The predicted molar refractivity (Wildman–Crippen MR) is 70.3 cm³/mol. The molecule has 0 aromatic heterocycles. The van der Waals surface area contributed by atoms with Gasteiger partial charge in [0.25, 0.3) is 0 Å². The Balaban J connectivity index is 5.03. The number of carbonyl (C=O) groups is 1. The van der Waals surface area contributed by atoms with Crippen LogP contribution in [0.2, 0.25) is 0 Å². The van der Waals surface area contributed by atoms with E-state index < -0.39 is 0 Å². The van der Waals surface area contributed by atoms with Crippen LogP contribution in [0, 0.1) is 11.8 Å². The summed E-state index contributed by atoms with van der Waals surface area (Å²) in [4.78, 5) is 11.8. The van der Waals surface area contributed by atoms with Gasteiger partial charge in [-0.15, -0.1) is 0 Å². The minimum atomic E-state index is -0.106. The molecule has 0 unspecified atom stereocenters. The van der Waals surface area contributed by atoms with Crippen molar-refractivity contribution in [2.75, 3.05) is 0 Å². The number of amides is 1. The monoisotopic (exact) mass is 225 g/mol. The molecule has 0 spiro atoms. The molecule has 0 heterocycles. The molecule has 0 aliphatic heterocycles. The Morgan fingerprint density at radius 1 is 1.25 bits per heavy atom. The molecule has 1 N–H and O–H groups in total. The Morgan fingerprint density at radius 2 is 1.69 bits per heavy atom. The quantitative estimate of drug-likeness (QED) is 0.688. The first kappa shape index (κ1) is 15.2. The molecule has 94 valence electrons. The molecule has 2 nitrogen and oxygen atoms in total. The smallest absolute Gasteiger partial charge is 0.246 e. The van der Waals surface area contributed by atoms with Gasteiger partial charge in [-0.3, -0.25) is 4.79 Å². The van der Waals surface area contributed by atoms with Gasteiger partial charge in [0.2, 0.25) is 5.91 Å². The van der Waals surface area contributed by atoms with Crippen LogP contribution in [-0.4, -0.2) is 11.4 Å². The molecule has 0 fully saturated rings. The summed E-state index contributed by atoms with van der Waals surface area (Å²) in [6.07, 6.45) is 2.09. The summed E-state index contributed by atoms with van der Waals surface area (Å²) >= 11 is 0. The van der Waals surface area contributed by atoms with Crippen molar-refractivity contribution in [1.29, 1.82) is 0 Å². The van der Waals surface area contributed by atoms with Gasteiger partial charge in [0.05, 0.1) is 0 Å². The standard InChI is InChI=1S/C14H27NO/c1-8-9-14(11(4)5,12(6)7)15-13(16)10(2)3/h11-12H,2,8-9H2,1,3-7H3,(H,15,16). The van der Waals surface area contributed by atoms with Crippen LogP contribution in [-0.2, 0) is 4.79 Å². The first-order valence-corrected chi connectivity index (χ1v) is 6.26. The molecule has 0 bridgehead atoms. The second-order valence-corrected chi connectivity index (χ2v) is 5.33. The van der Waals surface area contributed by atoms with Crippen LogP contribution in [0.15, 0.2) is 12.2 Å². The van der Waals surface area contributed by atoms with Crippen molar-refractivity contribution in [3.05, 3.63) is 12.2 Å². The molecular weight excluding hydrogens is 198 g/mol. The summed E-state index contributed by atoms with van der Waals surface area (Å²) in [6, 6.07) is 0. The van der Waals surface area contributed by atoms with Gasteiger partial charge in [0, 0.05) is 11.1 Å². The van der Waals surface area contributed by atoms with Gasteiger partial charge in [-0.25, -0.2) is 0 Å². The Bertz CT molecular complexity index is 245. The molecule has 0 aromatic rings. The number of nitrogens with one attached hydrogen (secondary N) is 1. The van der Waals surface area contributed by atoms with Gasteiger partial charge >= 0.3 is 0 Å². The number of rotatable bonds is 6. The highest BCUT2D eigenvalue weighted by Crippen LogP contribution is 2.31. The lowest BCUT2D eigenvalue weighted by Gasteiger charge is -2.42. The van der Waals surface area contributed by atoms with E-state index >= 15 is 0 Å². The molecule has 16 heavy (non-hydrogen) atoms. The van der Waals surface area contributed by atoms with Crippen molar-refractivity contribution in [1.82, 2.24) is 5.32 Å². The van der Waals surface area contributed by atoms with E-state index in [2.05, 4.69) is 46.5 Å². The van der Waals surface area contributed by atoms with Crippen LogP contribution in [0.5, 0.6) is 0 Å². The van der Waals surface area contributed by atoms with Gasteiger partial charge in [-0.05, 0) is 25.2 Å². The van der Waals surface area contributed by atoms with Crippen LogP contribution < -0.4 is 5.32 Å². The van der Waals surface area contributed by atoms with E-state index in [-0.39, 0.29) is 11.4 Å². The van der Waals surface area contributed by atoms with E-state index in [1.807, 2.05) is 0 Å². The third-order valence-electron chi connectivity index (χ3n) is 3.46. The maximum atomic E-state index is 11.8. The van der Waals surface area contributed by atoms with Crippen LogP contribution in [0.4, 0.5) is 0 Å². The van der Waals surface area contributed by atoms with E-state index in [4.69, 9.17) is 0 Å². The fourth-order valence-electron chi connectivity index (χ4n) is 2.33. The first-order chi connectivity index (χ1) is 7.27. The fraction of sp³-hybridized carbons (Fsp3) is 0.786. The van der Waals surface area contributed by atoms with Crippen molar-refractivity contribution in [3.63, 3.8) is 0 Å². The lowest BCUT2D eigenvalue weighted by molar-refractivity contribution is -0.120. The van der Waals surface area contributed by atoms with Crippen molar-refractivity contribution in [2.45, 2.75) is 59.9 Å². The molecule has 0 aromatic carbocycles. The predicted octanol–water partition coefficient (Wildman–Crippen LogP) is 3.53. The van der Waals surface area contributed by atoms with Crippen molar-refractivity contribution >= 4 is 5.91 Å². The Labute approximate surface area is 101 Å². The highest BCUT2D eigenvalue weighted by molar-refractivity contribution is 5.92. The Hall–Kier alpha value is -0.790. The molecule has 2 heteroatoms. The third-order valence-corrected chi connectivity index (χ3v) is 3.46. The maximum Gasteiger partial charge on any atom is 0.246 e. The van der Waals surface area contributed by atoms with E-state index in [0.29, 0.717) is 17.4 Å². The molecule has 0 aliphatic carbocycles. The highest BCUT2D eigenvalue weighted by atomic mass is 16.1. The van der Waals surface area contributed by atoms with E-state index in [1.165, 1.54) is 0 Å². The van der Waals surface area contributed by atoms with Crippen molar-refractivity contribution in [2.24, 2.45) is 11.8 Å². The summed E-state index contributed by atoms with van der Waals surface area (Å²) in [5, 5.41) is 3.19. The zero-order chi connectivity index (χ0) is 12.9. The Morgan fingerprint density at radius 3 is 1.94 bits per heavy atom. The lowest BCUT2D eigenvalue weighted by atomic mass is 9.73. The average molecular weight is 225 g/mol. The topological polar surface area (TPSA) is 29.1 Å². The van der Waals surface area contributed by atoms with Crippen molar-refractivity contribution < 1.29 is 4.79 Å². The second-order valence-electron chi connectivity index (χ2n) is 5.33. The first-order valence-electron chi connectivity index (χ1n) is 6.26. The Kier molecular flexibility index (Phi) is 5.77. The lowest BCUT2D eigenvalue weighted by Crippen LogP contribution is -2.56. The SMILES string of the molecule is C=C(C)C(=O)NC(CCC)(C(C)C)C(C)C. The van der Waals surface area contributed by atoms with Gasteiger partial charge in [-0.2, -0.15) is 0 Å². The largest absolute Gasteiger partial charge is 0.346 e. The molecule has 1 amide bonds. The van der Waals surface area contributed by atoms with Gasteiger partial charge in [-0.1, -0.05) is 47.6 Å². The van der Waals surface area contributed by atoms with Gasteiger partial charge < -0.3 is 5.32 Å². The van der Waals surface area contributed by atoms with Gasteiger partial charge in [0.15, 0.2) is 0 Å². The molecule has 0 atom stereocenters. The molecule has 0 saturated heterocycles. The summed E-state index contributed by atoms with van der Waals surface area (Å²) in [7, 11) is 0. The van der Waals surface area contributed by atoms with Crippen molar-refractivity contribution in [3.8, 4) is 0 Å². The van der Waals surface area contributed by atoms with E-state index in [9.17, 15) is 4.79 Å². The van der Waals surface area contributed by atoms with Crippen LogP contribution >= 0.6 is 0 Å². The van der Waals surface area contributed by atoms with Gasteiger partial charge in [0.1, 0.15) is 0 Å². The normalized spacial score (nSPS) is 12.0. The van der Waals surface area contributed by atoms with E-state index in [1.54, 1.807) is 6.92 Å². The molecule has 0 saturated carbocycles. The average Bonchev–Trinajstić information content (AvgIpc) is 2.15. The van der Waals surface area contributed by atoms with E-state index in [0.717, 1.165) is 12.8 Å². The fourth-order valence-corrected chi connectivity index (χ4v) is 2.33. The summed E-state index contributed by atoms with van der Waals surface area (Å²) in [6.45, 7) is 16.3. The minimum absolute atomic E-state index is 0.0177. The van der Waals surface area contributed by atoms with Crippen LogP contribution in [0.25, 0.3) is 0 Å². The number of carbonyl (C=O) groups excluding carboxylic acids is 1. The highest BCUT2D eigenvalue weighted by Gasteiger charge is 2.37. The van der Waals surface area contributed by atoms with Crippen LogP contribution in [0.3, 0.4) is 0 Å². The van der Waals surface area contributed by atoms with Crippen LogP contribution in [0.1, 0.15) is 54.4 Å². The molecule has 0 radical (unpaired) electrons. The molecular formula is C14H27NO. The molecule has 0 rings (SSSR count). The zero-order valence-corrected chi connectivity index (χ0v) is 11.7. The number of hydrogen-bond acceptors (Lipinski definition) is 1. The summed E-state index contributed by atoms with van der Waals surface area (Å²) in [5.74, 6) is 0.836. The summed E-state index contributed by atoms with van der Waals surface area (Å²) in [5.41, 5.74) is 0.479. The maximum absolute atomic E-state index is 11.8.